The number of rotatable bonds is 2. The van der Waals surface area contributed by atoms with E-state index in [0.29, 0.717) is 0 Å². The number of imide groups is 1. The van der Waals surface area contributed by atoms with E-state index in [1.807, 2.05) is 0 Å². The van der Waals surface area contributed by atoms with Crippen molar-refractivity contribution in [1.29, 1.82) is 0 Å². The summed E-state index contributed by atoms with van der Waals surface area (Å²) in [6.07, 6.45) is 0. The van der Waals surface area contributed by atoms with Crippen LogP contribution in [0.4, 0.5) is 4.39 Å². The Hall–Kier alpha value is -1.75. The number of halogens is 1. The minimum atomic E-state index is -1.17. The second kappa shape index (κ2) is 3.63. The lowest BCUT2D eigenvalue weighted by Gasteiger charge is -2.23. The van der Waals surface area contributed by atoms with Gasteiger partial charge in [0.1, 0.15) is 5.82 Å². The van der Waals surface area contributed by atoms with Gasteiger partial charge in [-0.05, 0) is 32.0 Å². The van der Waals surface area contributed by atoms with Crippen LogP contribution in [0, 0.1) is 5.82 Å². The number of benzene rings is 1. The van der Waals surface area contributed by atoms with Crippen molar-refractivity contribution in [1.82, 2.24) is 4.90 Å². The molecule has 0 aliphatic carbocycles. The van der Waals surface area contributed by atoms with Gasteiger partial charge in [0.2, 0.25) is 0 Å². The van der Waals surface area contributed by atoms with Crippen molar-refractivity contribution >= 4 is 11.8 Å². The number of amides is 2. The average Bonchev–Trinajstić information content (AvgIpc) is 2.42. The number of carbonyl (C=O) groups is 2. The summed E-state index contributed by atoms with van der Waals surface area (Å²) in [6.45, 7) is 2.88. The Morgan fingerprint density at radius 2 is 1.82 bits per heavy atom. The fourth-order valence-electron chi connectivity index (χ4n) is 1.79. The van der Waals surface area contributed by atoms with E-state index < -0.39 is 23.2 Å². The maximum Gasteiger partial charge on any atom is 0.261 e. The molecule has 17 heavy (non-hydrogen) atoms. The molecule has 0 spiro atoms. The normalized spacial score (nSPS) is 15.4. The third-order valence-corrected chi connectivity index (χ3v) is 2.48. The summed E-state index contributed by atoms with van der Waals surface area (Å²) in [5.41, 5.74) is -0.939. The Bertz CT molecular complexity index is 505. The second-order valence-corrected chi connectivity index (χ2v) is 4.70. The summed E-state index contributed by atoms with van der Waals surface area (Å²) >= 11 is 0. The number of hydrogen-bond donors (Lipinski definition) is 1. The molecule has 4 nitrogen and oxygen atoms in total. The number of carbonyl (C=O) groups excluding carboxylic acids is 2. The summed E-state index contributed by atoms with van der Waals surface area (Å²) in [6, 6.07) is 3.47. The third kappa shape index (κ3) is 2.06. The smallest absolute Gasteiger partial charge is 0.261 e. The van der Waals surface area contributed by atoms with Gasteiger partial charge >= 0.3 is 0 Å². The van der Waals surface area contributed by atoms with E-state index in [4.69, 9.17) is 0 Å². The number of β-amino-alcohol motifs (C(OH)–C–C–N with tert-alkyl or cyclic N) is 1. The predicted molar refractivity (Wildman–Crippen MR) is 58.1 cm³/mol. The molecule has 2 amide bonds. The van der Waals surface area contributed by atoms with Crippen molar-refractivity contribution in [3.8, 4) is 0 Å². The molecular weight excluding hydrogens is 225 g/mol. The molecule has 0 atom stereocenters. The van der Waals surface area contributed by atoms with Gasteiger partial charge in [0.05, 0.1) is 23.3 Å². The highest BCUT2D eigenvalue weighted by Crippen LogP contribution is 2.24. The summed E-state index contributed by atoms with van der Waals surface area (Å²) < 4.78 is 13.0. The van der Waals surface area contributed by atoms with Crippen LogP contribution in [-0.4, -0.2) is 34.0 Å². The highest BCUT2D eigenvalue weighted by Gasteiger charge is 2.38. The Morgan fingerprint density at radius 1 is 1.24 bits per heavy atom. The molecule has 0 bridgehead atoms. The maximum atomic E-state index is 13.0. The Morgan fingerprint density at radius 3 is 2.41 bits per heavy atom. The van der Waals surface area contributed by atoms with Crippen molar-refractivity contribution < 1.29 is 19.1 Å². The van der Waals surface area contributed by atoms with Crippen LogP contribution in [0.15, 0.2) is 18.2 Å². The van der Waals surface area contributed by atoms with E-state index in [-0.39, 0.29) is 17.7 Å². The molecule has 0 fully saturated rings. The molecule has 1 aliphatic rings. The number of fused-ring (bicyclic) bond motifs is 1. The van der Waals surface area contributed by atoms with Crippen LogP contribution in [0.3, 0.4) is 0 Å². The van der Waals surface area contributed by atoms with Gasteiger partial charge in [0.25, 0.3) is 11.8 Å². The fourth-order valence-corrected chi connectivity index (χ4v) is 1.79. The van der Waals surface area contributed by atoms with Crippen molar-refractivity contribution in [2.45, 2.75) is 19.4 Å². The molecule has 1 N–H and O–H groups in total. The lowest BCUT2D eigenvalue weighted by molar-refractivity contribution is 0.0297. The zero-order valence-electron chi connectivity index (χ0n) is 9.53. The van der Waals surface area contributed by atoms with Crippen LogP contribution < -0.4 is 0 Å². The Labute approximate surface area is 97.7 Å². The van der Waals surface area contributed by atoms with Crippen molar-refractivity contribution in [3.05, 3.63) is 35.1 Å². The highest BCUT2D eigenvalue weighted by molar-refractivity contribution is 6.21. The van der Waals surface area contributed by atoms with Gasteiger partial charge in [-0.15, -0.1) is 0 Å². The number of nitrogens with zero attached hydrogens (tertiary/aromatic N) is 1. The van der Waals surface area contributed by atoms with Gasteiger partial charge < -0.3 is 5.11 Å². The van der Waals surface area contributed by atoms with Crippen LogP contribution in [0.25, 0.3) is 0 Å². The predicted octanol–water partition coefficient (Wildman–Crippen LogP) is 1.19. The van der Waals surface area contributed by atoms with Gasteiger partial charge in [-0.25, -0.2) is 4.39 Å². The van der Waals surface area contributed by atoms with E-state index in [1.165, 1.54) is 19.9 Å². The van der Waals surface area contributed by atoms with Crippen molar-refractivity contribution in [3.63, 3.8) is 0 Å². The van der Waals surface area contributed by atoms with Crippen LogP contribution in [0.5, 0.6) is 0 Å². The van der Waals surface area contributed by atoms with Gasteiger partial charge in [0.15, 0.2) is 0 Å². The second-order valence-electron chi connectivity index (χ2n) is 4.70. The van der Waals surface area contributed by atoms with E-state index >= 15 is 0 Å². The van der Waals surface area contributed by atoms with E-state index in [2.05, 4.69) is 0 Å². The molecule has 0 saturated carbocycles. The van der Waals surface area contributed by atoms with Gasteiger partial charge in [-0.3, -0.25) is 14.5 Å². The van der Waals surface area contributed by atoms with Crippen molar-refractivity contribution in [2.24, 2.45) is 0 Å². The van der Waals surface area contributed by atoms with E-state index in [1.54, 1.807) is 0 Å². The number of aliphatic hydroxyl groups is 1. The lowest BCUT2D eigenvalue weighted by Crippen LogP contribution is -2.41. The standard InChI is InChI=1S/C12H12FNO3/c1-12(2,17)6-14-10(15)8-4-3-7(13)5-9(8)11(14)16/h3-5,17H,6H2,1-2H3. The third-order valence-electron chi connectivity index (χ3n) is 2.48. The Balaban J connectivity index is 2.39. The minimum Gasteiger partial charge on any atom is -0.389 e. The molecule has 0 aromatic heterocycles. The maximum absolute atomic E-state index is 13.0. The largest absolute Gasteiger partial charge is 0.389 e. The highest BCUT2D eigenvalue weighted by atomic mass is 19.1. The van der Waals surface area contributed by atoms with Crippen LogP contribution in [0.1, 0.15) is 34.6 Å². The van der Waals surface area contributed by atoms with E-state index in [0.717, 1.165) is 17.0 Å². The molecule has 0 saturated heterocycles. The molecule has 2 rings (SSSR count). The van der Waals surface area contributed by atoms with Gasteiger partial charge in [-0.2, -0.15) is 0 Å². The first-order valence-electron chi connectivity index (χ1n) is 5.18. The molecular formula is C12H12FNO3. The molecule has 1 aliphatic heterocycles. The molecule has 1 heterocycles. The summed E-state index contributed by atoms with van der Waals surface area (Å²) in [5.74, 6) is -1.62. The zero-order valence-corrected chi connectivity index (χ0v) is 9.53. The van der Waals surface area contributed by atoms with Crippen LogP contribution >= 0.6 is 0 Å². The minimum absolute atomic E-state index is 0.0549. The lowest BCUT2D eigenvalue weighted by atomic mass is 10.1. The first-order valence-corrected chi connectivity index (χ1v) is 5.18. The summed E-state index contributed by atoms with van der Waals surface area (Å²) in [7, 11) is 0. The molecule has 1 aromatic carbocycles. The number of hydrogen-bond acceptors (Lipinski definition) is 3. The van der Waals surface area contributed by atoms with E-state index in [9.17, 15) is 19.1 Å². The molecule has 5 heteroatoms. The molecule has 0 radical (unpaired) electrons. The van der Waals surface area contributed by atoms with Crippen LogP contribution in [0.2, 0.25) is 0 Å². The Kier molecular flexibility index (Phi) is 2.50. The van der Waals surface area contributed by atoms with Gasteiger partial charge in [0, 0.05) is 0 Å². The quantitative estimate of drug-likeness (QED) is 0.786. The molecule has 1 aromatic rings. The molecule has 0 unspecified atom stereocenters. The monoisotopic (exact) mass is 237 g/mol. The summed E-state index contributed by atoms with van der Waals surface area (Å²) in [5, 5.41) is 9.63. The fraction of sp³-hybridized carbons (Fsp3) is 0.333. The average molecular weight is 237 g/mol. The first-order chi connectivity index (χ1) is 7.79. The topological polar surface area (TPSA) is 57.6 Å². The first kappa shape index (κ1) is 11.7. The zero-order chi connectivity index (χ0) is 12.8. The summed E-state index contributed by atoms with van der Waals surface area (Å²) in [4.78, 5) is 24.7. The van der Waals surface area contributed by atoms with Crippen molar-refractivity contribution in [2.75, 3.05) is 6.54 Å². The SMILES string of the molecule is CC(C)(O)CN1C(=O)c2ccc(F)cc2C1=O. The molecule has 90 valence electrons. The van der Waals surface area contributed by atoms with Crippen LogP contribution in [-0.2, 0) is 0 Å². The van der Waals surface area contributed by atoms with Gasteiger partial charge in [-0.1, -0.05) is 0 Å².